The molecule has 0 aliphatic carbocycles. The molecule has 1 heterocycles. The van der Waals surface area contributed by atoms with E-state index in [0.717, 1.165) is 5.69 Å². The van der Waals surface area contributed by atoms with Crippen LogP contribution in [0.15, 0.2) is 42.7 Å². The number of halogens is 3. The van der Waals surface area contributed by atoms with Crippen molar-refractivity contribution in [2.24, 2.45) is 0 Å². The molecule has 0 aliphatic rings. The number of aromatic nitrogens is 2. The number of alkyl halides is 3. The number of urea groups is 1. The number of nitrogens with zero attached hydrogens (tertiary/aromatic N) is 3. The van der Waals surface area contributed by atoms with Gasteiger partial charge in [-0.25, -0.2) is 9.48 Å². The van der Waals surface area contributed by atoms with Gasteiger partial charge in [0.2, 0.25) is 0 Å². The van der Waals surface area contributed by atoms with Gasteiger partial charge < -0.3 is 10.6 Å². The third-order valence-electron chi connectivity index (χ3n) is 3.32. The number of carbonyl (C=O) groups is 1. The normalized spacial score (nSPS) is 11.6. The van der Waals surface area contributed by atoms with Crippen LogP contribution in [0.4, 0.5) is 23.7 Å². The van der Waals surface area contributed by atoms with Gasteiger partial charge in [-0.15, -0.1) is 0 Å². The molecule has 2 aromatic rings. The van der Waals surface area contributed by atoms with Crippen LogP contribution in [0.5, 0.6) is 0 Å². The largest absolute Gasteiger partial charge is 0.401 e. The molecule has 2 amide bonds. The van der Waals surface area contributed by atoms with Gasteiger partial charge in [0.05, 0.1) is 12.2 Å². The Morgan fingerprint density at radius 2 is 2.12 bits per heavy atom. The molecule has 0 bridgehead atoms. The zero-order valence-corrected chi connectivity index (χ0v) is 13.8. The van der Waals surface area contributed by atoms with Gasteiger partial charge >= 0.3 is 12.2 Å². The molecule has 0 saturated heterocycles. The van der Waals surface area contributed by atoms with Crippen LogP contribution in [0.2, 0.25) is 0 Å². The molecule has 0 aliphatic heterocycles. The smallest absolute Gasteiger partial charge is 0.338 e. The second-order valence-corrected chi connectivity index (χ2v) is 5.59. The molecule has 2 N–H and O–H groups in total. The van der Waals surface area contributed by atoms with Crippen molar-refractivity contribution >= 4 is 11.7 Å². The third-order valence-corrected chi connectivity index (χ3v) is 3.32. The highest BCUT2D eigenvalue weighted by Gasteiger charge is 2.28. The first-order valence-electron chi connectivity index (χ1n) is 7.74. The number of hydrogen-bond acceptors (Lipinski definition) is 3. The minimum Gasteiger partial charge on any atom is -0.338 e. The average molecular weight is 355 g/mol. The minimum atomic E-state index is -4.21. The molecule has 1 aromatic heterocycles. The molecule has 0 fully saturated rings. The molecular formula is C16H20F3N5O. The molecule has 0 radical (unpaired) electrons. The molecule has 6 nitrogen and oxygen atoms in total. The van der Waals surface area contributed by atoms with E-state index in [1.807, 2.05) is 6.07 Å². The van der Waals surface area contributed by atoms with E-state index in [1.165, 1.54) is 11.9 Å². The number of anilines is 1. The Balaban J connectivity index is 1.73. The van der Waals surface area contributed by atoms with E-state index < -0.39 is 18.8 Å². The van der Waals surface area contributed by atoms with Gasteiger partial charge in [-0.05, 0) is 44.3 Å². The van der Waals surface area contributed by atoms with Crippen LogP contribution in [0.1, 0.15) is 6.42 Å². The summed E-state index contributed by atoms with van der Waals surface area (Å²) >= 11 is 0. The molecule has 0 spiro atoms. The van der Waals surface area contributed by atoms with Crippen LogP contribution < -0.4 is 10.6 Å². The average Bonchev–Trinajstić information content (AvgIpc) is 3.04. The summed E-state index contributed by atoms with van der Waals surface area (Å²) in [6, 6.07) is 8.54. The quantitative estimate of drug-likeness (QED) is 0.751. The molecule has 0 atom stereocenters. The number of benzene rings is 1. The molecule has 0 saturated carbocycles. The highest BCUT2D eigenvalue weighted by atomic mass is 19.4. The van der Waals surface area contributed by atoms with E-state index in [9.17, 15) is 18.0 Å². The van der Waals surface area contributed by atoms with Crippen molar-refractivity contribution in [1.82, 2.24) is 20.0 Å². The molecule has 136 valence electrons. The van der Waals surface area contributed by atoms with Crippen LogP contribution >= 0.6 is 0 Å². The lowest BCUT2D eigenvalue weighted by atomic mass is 10.3. The summed E-state index contributed by atoms with van der Waals surface area (Å²) in [4.78, 5) is 13.0. The number of nitrogens with one attached hydrogen (secondary N) is 2. The van der Waals surface area contributed by atoms with Crippen molar-refractivity contribution < 1.29 is 18.0 Å². The van der Waals surface area contributed by atoms with Gasteiger partial charge in [-0.1, -0.05) is 6.07 Å². The van der Waals surface area contributed by atoms with Crippen molar-refractivity contribution in [3.05, 3.63) is 42.7 Å². The molecule has 9 heteroatoms. The third kappa shape index (κ3) is 6.84. The van der Waals surface area contributed by atoms with Crippen molar-refractivity contribution in [3.63, 3.8) is 0 Å². The van der Waals surface area contributed by atoms with Crippen molar-refractivity contribution in [2.75, 3.05) is 32.0 Å². The zero-order valence-electron chi connectivity index (χ0n) is 13.8. The lowest BCUT2D eigenvalue weighted by molar-refractivity contribution is -0.143. The fourth-order valence-electron chi connectivity index (χ4n) is 2.26. The maximum absolute atomic E-state index is 12.2. The maximum atomic E-state index is 12.2. The highest BCUT2D eigenvalue weighted by molar-refractivity contribution is 5.89. The van der Waals surface area contributed by atoms with Crippen LogP contribution in [0.25, 0.3) is 5.69 Å². The predicted octanol–water partition coefficient (Wildman–Crippen LogP) is 2.88. The summed E-state index contributed by atoms with van der Waals surface area (Å²) in [5.74, 6) is 0. The molecule has 0 unspecified atom stereocenters. The fourth-order valence-corrected chi connectivity index (χ4v) is 2.26. The maximum Gasteiger partial charge on any atom is 0.401 e. The molecule has 1 aromatic carbocycles. The van der Waals surface area contributed by atoms with Crippen LogP contribution in [0.3, 0.4) is 0 Å². The molecular weight excluding hydrogens is 335 g/mol. The van der Waals surface area contributed by atoms with E-state index >= 15 is 0 Å². The molecule has 25 heavy (non-hydrogen) atoms. The monoisotopic (exact) mass is 355 g/mol. The number of rotatable bonds is 7. The number of carbonyl (C=O) groups excluding carboxylic acids is 1. The van der Waals surface area contributed by atoms with Gasteiger partial charge in [0.25, 0.3) is 0 Å². The second-order valence-electron chi connectivity index (χ2n) is 5.59. The van der Waals surface area contributed by atoms with E-state index in [1.54, 1.807) is 41.3 Å². The Bertz CT molecular complexity index is 673. The van der Waals surface area contributed by atoms with Gasteiger partial charge in [-0.2, -0.15) is 18.3 Å². The van der Waals surface area contributed by atoms with Crippen molar-refractivity contribution in [1.29, 1.82) is 0 Å². The summed E-state index contributed by atoms with van der Waals surface area (Å²) in [6.45, 7) is -0.430. The van der Waals surface area contributed by atoms with E-state index in [4.69, 9.17) is 0 Å². The van der Waals surface area contributed by atoms with Gasteiger partial charge in [0.15, 0.2) is 0 Å². The Morgan fingerprint density at radius 3 is 2.80 bits per heavy atom. The minimum absolute atomic E-state index is 0.245. The summed E-state index contributed by atoms with van der Waals surface area (Å²) in [7, 11) is 1.40. The van der Waals surface area contributed by atoms with Crippen molar-refractivity contribution in [3.8, 4) is 5.69 Å². The number of hydrogen-bond donors (Lipinski definition) is 2. The Labute approximate surface area is 143 Å². The zero-order chi connectivity index (χ0) is 18.3. The van der Waals surface area contributed by atoms with Crippen LogP contribution in [-0.4, -0.2) is 53.6 Å². The van der Waals surface area contributed by atoms with E-state index in [-0.39, 0.29) is 13.1 Å². The van der Waals surface area contributed by atoms with Crippen molar-refractivity contribution in [2.45, 2.75) is 12.6 Å². The Hall–Kier alpha value is -2.55. The Kier molecular flexibility index (Phi) is 6.40. The standard InChI is InChI=1S/C16H20F3N5O/c1-23(12-16(17,18)19)9-3-7-20-15(25)22-13-5-2-6-14(11-13)24-10-4-8-21-24/h2,4-6,8,10-11H,3,7,9,12H2,1H3,(H2,20,22,25). The second kappa shape index (κ2) is 8.52. The molecule has 2 rings (SSSR count). The van der Waals surface area contributed by atoms with Crippen LogP contribution in [0, 0.1) is 0 Å². The summed E-state index contributed by atoms with van der Waals surface area (Å²) < 4.78 is 38.2. The lowest BCUT2D eigenvalue weighted by Crippen LogP contribution is -2.34. The van der Waals surface area contributed by atoms with E-state index in [0.29, 0.717) is 12.1 Å². The first-order chi connectivity index (χ1) is 11.8. The lowest BCUT2D eigenvalue weighted by Gasteiger charge is -2.18. The van der Waals surface area contributed by atoms with E-state index in [2.05, 4.69) is 15.7 Å². The predicted molar refractivity (Wildman–Crippen MR) is 88.8 cm³/mol. The van der Waals surface area contributed by atoms with Crippen LogP contribution in [-0.2, 0) is 0 Å². The van der Waals surface area contributed by atoms with Gasteiger partial charge in [0.1, 0.15) is 0 Å². The topological polar surface area (TPSA) is 62.2 Å². The first kappa shape index (κ1) is 18.8. The fraction of sp³-hybridized carbons (Fsp3) is 0.375. The summed E-state index contributed by atoms with van der Waals surface area (Å²) in [6.07, 6.45) is -0.342. The summed E-state index contributed by atoms with van der Waals surface area (Å²) in [5.41, 5.74) is 1.40. The highest BCUT2D eigenvalue weighted by Crippen LogP contribution is 2.15. The van der Waals surface area contributed by atoms with Gasteiger partial charge in [-0.3, -0.25) is 4.90 Å². The Morgan fingerprint density at radius 1 is 1.32 bits per heavy atom. The van der Waals surface area contributed by atoms with Gasteiger partial charge in [0, 0.05) is 24.6 Å². The number of amides is 2. The summed E-state index contributed by atoms with van der Waals surface area (Å²) in [5, 5.41) is 9.42. The first-order valence-corrected chi connectivity index (χ1v) is 7.74. The SMILES string of the molecule is CN(CCCNC(=O)Nc1cccc(-n2cccn2)c1)CC(F)(F)F.